The molecule has 0 bridgehead atoms. The summed E-state index contributed by atoms with van der Waals surface area (Å²) in [5.74, 6) is 1.43. The molecule has 1 aromatic rings. The van der Waals surface area contributed by atoms with Crippen molar-refractivity contribution in [1.29, 1.82) is 0 Å². The quantitative estimate of drug-likeness (QED) is 0.763. The molecule has 2 aliphatic heterocycles. The largest absolute Gasteiger partial charge is 0.485 e. The summed E-state index contributed by atoms with van der Waals surface area (Å²) < 4.78 is 11.7. The maximum Gasteiger partial charge on any atom is 0.255 e. The normalized spacial score (nSPS) is 29.5. The van der Waals surface area contributed by atoms with Crippen molar-refractivity contribution in [1.82, 2.24) is 10.6 Å². The van der Waals surface area contributed by atoms with Crippen molar-refractivity contribution in [3.05, 3.63) is 29.8 Å². The summed E-state index contributed by atoms with van der Waals surface area (Å²) in [4.78, 5) is 24.8. The highest BCUT2D eigenvalue weighted by atomic mass is 16.5. The molecular formula is C22H30N2O4. The third kappa shape index (κ3) is 4.32. The zero-order chi connectivity index (χ0) is 19.4. The lowest BCUT2D eigenvalue weighted by Crippen LogP contribution is -2.49. The number of carbonyl (C=O) groups is 2. The van der Waals surface area contributed by atoms with Gasteiger partial charge < -0.3 is 20.1 Å². The van der Waals surface area contributed by atoms with E-state index in [1.165, 1.54) is 0 Å². The number of para-hydroxylation sites is 1. The molecule has 1 unspecified atom stereocenters. The number of nitrogens with one attached hydrogen (secondary N) is 2. The maximum atomic E-state index is 12.5. The van der Waals surface area contributed by atoms with Crippen molar-refractivity contribution in [2.24, 2.45) is 11.8 Å². The Morgan fingerprint density at radius 1 is 1.21 bits per heavy atom. The Hall–Kier alpha value is -2.08. The van der Waals surface area contributed by atoms with Crippen molar-refractivity contribution < 1.29 is 19.1 Å². The topological polar surface area (TPSA) is 76.7 Å². The van der Waals surface area contributed by atoms with Gasteiger partial charge in [0.05, 0.1) is 12.1 Å². The maximum absolute atomic E-state index is 12.5. The highest BCUT2D eigenvalue weighted by Crippen LogP contribution is 2.38. The van der Waals surface area contributed by atoms with Crippen LogP contribution in [0, 0.1) is 11.8 Å². The molecule has 152 valence electrons. The second-order valence-electron chi connectivity index (χ2n) is 8.40. The number of hydrogen-bond donors (Lipinski definition) is 2. The predicted octanol–water partition coefficient (Wildman–Crippen LogP) is 2.67. The molecule has 2 heterocycles. The Morgan fingerprint density at radius 2 is 2.04 bits per heavy atom. The van der Waals surface area contributed by atoms with Crippen LogP contribution in [0.1, 0.15) is 55.3 Å². The molecule has 6 nitrogen and oxygen atoms in total. The van der Waals surface area contributed by atoms with E-state index in [1.807, 2.05) is 18.2 Å². The Balaban J connectivity index is 1.26. The number of ether oxygens (including phenoxy) is 2. The van der Waals surface area contributed by atoms with Gasteiger partial charge in [-0.1, -0.05) is 12.1 Å². The first-order chi connectivity index (χ1) is 13.7. The molecular weight excluding hydrogens is 356 g/mol. The Labute approximate surface area is 166 Å². The molecule has 1 spiro atoms. The van der Waals surface area contributed by atoms with Crippen LogP contribution in [0.4, 0.5) is 0 Å². The minimum Gasteiger partial charge on any atom is -0.485 e. The van der Waals surface area contributed by atoms with Crippen molar-refractivity contribution in [3.8, 4) is 5.75 Å². The van der Waals surface area contributed by atoms with E-state index < -0.39 is 5.60 Å². The Bertz CT molecular complexity index is 706. The second-order valence-corrected chi connectivity index (χ2v) is 8.40. The smallest absolute Gasteiger partial charge is 0.255 e. The van der Waals surface area contributed by atoms with E-state index in [4.69, 9.17) is 9.47 Å². The molecule has 4 rings (SSSR count). The second kappa shape index (κ2) is 8.52. The summed E-state index contributed by atoms with van der Waals surface area (Å²) in [7, 11) is 0. The first-order valence-corrected chi connectivity index (χ1v) is 10.6. The van der Waals surface area contributed by atoms with Crippen LogP contribution in [0.25, 0.3) is 0 Å². The lowest BCUT2D eigenvalue weighted by atomic mass is 9.78. The van der Waals surface area contributed by atoms with Gasteiger partial charge in [-0.2, -0.15) is 0 Å². The molecule has 2 fully saturated rings. The highest BCUT2D eigenvalue weighted by molar-refractivity contribution is 5.97. The van der Waals surface area contributed by atoms with Crippen molar-refractivity contribution in [3.63, 3.8) is 0 Å². The van der Waals surface area contributed by atoms with Crippen LogP contribution in [0.2, 0.25) is 0 Å². The molecule has 1 aliphatic carbocycles. The van der Waals surface area contributed by atoms with E-state index in [9.17, 15) is 9.59 Å². The zero-order valence-corrected chi connectivity index (χ0v) is 16.4. The molecule has 2 N–H and O–H groups in total. The van der Waals surface area contributed by atoms with E-state index >= 15 is 0 Å². The van der Waals surface area contributed by atoms with Crippen LogP contribution in [-0.2, 0) is 9.53 Å². The van der Waals surface area contributed by atoms with Gasteiger partial charge in [-0.15, -0.1) is 0 Å². The summed E-state index contributed by atoms with van der Waals surface area (Å²) in [5.41, 5.74) is 0.188. The Morgan fingerprint density at radius 3 is 2.82 bits per heavy atom. The van der Waals surface area contributed by atoms with Gasteiger partial charge in [0.2, 0.25) is 5.91 Å². The fourth-order valence-corrected chi connectivity index (χ4v) is 4.59. The molecule has 0 radical (unpaired) electrons. The third-order valence-electron chi connectivity index (χ3n) is 6.41. The monoisotopic (exact) mass is 386 g/mol. The molecule has 6 heteroatoms. The lowest BCUT2D eigenvalue weighted by Gasteiger charge is -2.39. The minimum absolute atomic E-state index is 0.0400. The molecule has 2 amide bonds. The van der Waals surface area contributed by atoms with Gasteiger partial charge in [0, 0.05) is 25.7 Å². The van der Waals surface area contributed by atoms with Crippen LogP contribution in [0.3, 0.4) is 0 Å². The van der Waals surface area contributed by atoms with Crippen molar-refractivity contribution in [2.45, 2.75) is 50.5 Å². The molecule has 1 saturated carbocycles. The van der Waals surface area contributed by atoms with E-state index in [0.717, 1.165) is 64.7 Å². The summed E-state index contributed by atoms with van der Waals surface area (Å²) in [6.07, 6.45) is 6.43. The summed E-state index contributed by atoms with van der Waals surface area (Å²) in [6, 6.07) is 7.39. The van der Waals surface area contributed by atoms with Gasteiger partial charge in [0.1, 0.15) is 11.4 Å². The predicted molar refractivity (Wildman–Crippen MR) is 105 cm³/mol. The van der Waals surface area contributed by atoms with E-state index in [-0.39, 0.29) is 17.7 Å². The van der Waals surface area contributed by atoms with Gasteiger partial charge in [-0.05, 0) is 63.0 Å². The van der Waals surface area contributed by atoms with Gasteiger partial charge >= 0.3 is 0 Å². The number of rotatable bonds is 5. The fraction of sp³-hybridized carbons (Fsp3) is 0.636. The van der Waals surface area contributed by atoms with Crippen LogP contribution in [-0.4, -0.2) is 43.7 Å². The van der Waals surface area contributed by atoms with Crippen LogP contribution >= 0.6 is 0 Å². The first kappa shape index (κ1) is 19.2. The molecule has 0 aromatic heterocycles. The van der Waals surface area contributed by atoms with Crippen LogP contribution in [0.5, 0.6) is 5.75 Å². The minimum atomic E-state index is -0.401. The van der Waals surface area contributed by atoms with E-state index in [1.54, 1.807) is 6.07 Å². The standard InChI is InChI=1S/C22H30N2O4/c25-20(23-12-3-4-16-9-13-27-14-16)17-7-10-22(11-8-17)15-24-21(26)18-5-1-2-6-19(18)28-22/h1-2,5-6,16-17H,3-4,7-15H2,(H,23,25)(H,24,26). The van der Waals surface area contributed by atoms with Gasteiger partial charge in [-0.3, -0.25) is 9.59 Å². The molecule has 1 aromatic carbocycles. The average molecular weight is 386 g/mol. The van der Waals surface area contributed by atoms with E-state index in [2.05, 4.69) is 10.6 Å². The first-order valence-electron chi connectivity index (χ1n) is 10.6. The van der Waals surface area contributed by atoms with Crippen molar-refractivity contribution in [2.75, 3.05) is 26.3 Å². The van der Waals surface area contributed by atoms with Crippen molar-refractivity contribution >= 4 is 11.8 Å². The van der Waals surface area contributed by atoms with Gasteiger partial charge in [0.15, 0.2) is 0 Å². The Kier molecular flexibility index (Phi) is 5.85. The number of benzene rings is 1. The molecule has 1 atom stereocenters. The molecule has 28 heavy (non-hydrogen) atoms. The number of hydrogen-bond acceptors (Lipinski definition) is 4. The lowest BCUT2D eigenvalue weighted by molar-refractivity contribution is -0.127. The number of carbonyl (C=O) groups excluding carboxylic acids is 2. The van der Waals surface area contributed by atoms with Crippen LogP contribution < -0.4 is 15.4 Å². The highest BCUT2D eigenvalue weighted by Gasteiger charge is 2.41. The van der Waals surface area contributed by atoms with Gasteiger partial charge in [-0.25, -0.2) is 0 Å². The van der Waals surface area contributed by atoms with Gasteiger partial charge in [0.25, 0.3) is 5.91 Å². The number of fused-ring (bicyclic) bond motifs is 1. The summed E-state index contributed by atoms with van der Waals surface area (Å²) in [6.45, 7) is 3.00. The fourth-order valence-electron chi connectivity index (χ4n) is 4.59. The molecule has 1 saturated heterocycles. The summed E-state index contributed by atoms with van der Waals surface area (Å²) in [5, 5.41) is 6.11. The van der Waals surface area contributed by atoms with E-state index in [0.29, 0.717) is 23.8 Å². The summed E-state index contributed by atoms with van der Waals surface area (Å²) >= 11 is 0. The number of amides is 2. The SMILES string of the molecule is O=C1NCC2(CCC(C(=O)NCCCC3CCOC3)CC2)Oc2ccccc21. The third-order valence-corrected chi connectivity index (χ3v) is 6.41. The molecule has 3 aliphatic rings. The van der Waals surface area contributed by atoms with Crippen LogP contribution in [0.15, 0.2) is 24.3 Å². The average Bonchev–Trinajstić information content (AvgIpc) is 3.19. The zero-order valence-electron chi connectivity index (χ0n) is 16.4.